The number of ether oxygens (including phenoxy) is 1. The molecule has 0 aromatic heterocycles. The highest BCUT2D eigenvalue weighted by Gasteiger charge is 2.16. The van der Waals surface area contributed by atoms with Crippen LogP contribution in [0.4, 0.5) is 17.1 Å². The van der Waals surface area contributed by atoms with Crippen molar-refractivity contribution in [3.05, 3.63) is 94.0 Å². The number of nitrogens with one attached hydrogen (secondary N) is 2. The first-order chi connectivity index (χ1) is 14.0. The summed E-state index contributed by atoms with van der Waals surface area (Å²) in [5.74, 6) is -0.403. The number of rotatable bonds is 6. The third kappa shape index (κ3) is 4.56. The van der Waals surface area contributed by atoms with E-state index in [0.29, 0.717) is 17.1 Å². The Balaban J connectivity index is 1.80. The number of carbonyl (C=O) groups is 2. The number of anilines is 2. The first kappa shape index (κ1) is 19.6. The fraction of sp³-hybridized carbons (Fsp3) is 0.0476. The molecule has 0 saturated carbocycles. The largest absolute Gasteiger partial charge is 0.495 e. The molecule has 0 fully saturated rings. The molecular weight excluding hydrogens is 374 g/mol. The minimum absolute atomic E-state index is 0.113. The van der Waals surface area contributed by atoms with Crippen LogP contribution >= 0.6 is 0 Å². The van der Waals surface area contributed by atoms with Crippen LogP contribution in [0.25, 0.3) is 0 Å². The number of nitrogens with zero attached hydrogens (tertiary/aromatic N) is 1. The van der Waals surface area contributed by atoms with Crippen molar-refractivity contribution in [3.63, 3.8) is 0 Å². The Morgan fingerprint density at radius 3 is 2.07 bits per heavy atom. The van der Waals surface area contributed by atoms with Gasteiger partial charge in [0.2, 0.25) is 0 Å². The number of benzene rings is 3. The number of nitro benzene ring substituents is 1. The number of amides is 2. The summed E-state index contributed by atoms with van der Waals surface area (Å²) >= 11 is 0. The van der Waals surface area contributed by atoms with E-state index < -0.39 is 16.7 Å². The van der Waals surface area contributed by atoms with E-state index in [2.05, 4.69) is 10.6 Å². The monoisotopic (exact) mass is 391 g/mol. The lowest BCUT2D eigenvalue weighted by Crippen LogP contribution is -2.18. The summed E-state index contributed by atoms with van der Waals surface area (Å²) in [6.07, 6.45) is 0. The van der Waals surface area contributed by atoms with Crippen LogP contribution in [0.2, 0.25) is 0 Å². The average molecular weight is 391 g/mol. The van der Waals surface area contributed by atoms with Crippen LogP contribution in [0.1, 0.15) is 20.7 Å². The van der Waals surface area contributed by atoms with Gasteiger partial charge in [-0.25, -0.2) is 0 Å². The van der Waals surface area contributed by atoms with Crippen molar-refractivity contribution in [2.75, 3.05) is 17.7 Å². The Kier molecular flexibility index (Phi) is 5.84. The molecule has 146 valence electrons. The maximum Gasteiger partial charge on any atom is 0.269 e. The second kappa shape index (κ2) is 8.66. The first-order valence-electron chi connectivity index (χ1n) is 8.59. The van der Waals surface area contributed by atoms with Gasteiger partial charge >= 0.3 is 0 Å². The Morgan fingerprint density at radius 1 is 0.828 bits per heavy atom. The quantitative estimate of drug-likeness (QED) is 0.485. The summed E-state index contributed by atoms with van der Waals surface area (Å²) < 4.78 is 5.23. The van der Waals surface area contributed by atoms with Crippen molar-refractivity contribution in [1.29, 1.82) is 0 Å². The van der Waals surface area contributed by atoms with E-state index in [-0.39, 0.29) is 16.8 Å². The summed E-state index contributed by atoms with van der Waals surface area (Å²) in [6, 6.07) is 18.7. The highest BCUT2D eigenvalue weighted by Crippen LogP contribution is 2.25. The lowest BCUT2D eigenvalue weighted by atomic mass is 10.1. The van der Waals surface area contributed by atoms with Gasteiger partial charge in [0, 0.05) is 17.7 Å². The van der Waals surface area contributed by atoms with Gasteiger partial charge in [-0.1, -0.05) is 24.3 Å². The fourth-order valence-electron chi connectivity index (χ4n) is 2.66. The zero-order valence-electron chi connectivity index (χ0n) is 15.4. The van der Waals surface area contributed by atoms with Crippen LogP contribution in [0, 0.1) is 10.1 Å². The van der Waals surface area contributed by atoms with Crippen molar-refractivity contribution in [1.82, 2.24) is 0 Å². The van der Waals surface area contributed by atoms with Gasteiger partial charge in [0.15, 0.2) is 0 Å². The molecular formula is C21H17N3O5. The van der Waals surface area contributed by atoms with Crippen LogP contribution in [-0.2, 0) is 0 Å². The first-order valence-corrected chi connectivity index (χ1v) is 8.59. The predicted octanol–water partition coefficient (Wildman–Crippen LogP) is 4.11. The third-order valence-corrected chi connectivity index (χ3v) is 4.12. The molecule has 0 atom stereocenters. The summed E-state index contributed by atoms with van der Waals surface area (Å²) in [5, 5.41) is 16.2. The summed E-state index contributed by atoms with van der Waals surface area (Å²) in [6.45, 7) is 0. The van der Waals surface area contributed by atoms with Crippen molar-refractivity contribution in [2.45, 2.75) is 0 Å². The van der Waals surface area contributed by atoms with Crippen LogP contribution < -0.4 is 15.4 Å². The minimum Gasteiger partial charge on any atom is -0.495 e. The van der Waals surface area contributed by atoms with E-state index in [1.54, 1.807) is 48.5 Å². The molecule has 0 saturated heterocycles. The van der Waals surface area contributed by atoms with E-state index >= 15 is 0 Å². The summed E-state index contributed by atoms with van der Waals surface area (Å²) in [5.41, 5.74) is 1.18. The van der Waals surface area contributed by atoms with Gasteiger partial charge < -0.3 is 15.4 Å². The smallest absolute Gasteiger partial charge is 0.269 e. The number of nitro groups is 1. The van der Waals surface area contributed by atoms with Crippen molar-refractivity contribution >= 4 is 28.9 Å². The average Bonchev–Trinajstić information content (AvgIpc) is 2.74. The third-order valence-electron chi connectivity index (χ3n) is 4.12. The van der Waals surface area contributed by atoms with Crippen LogP contribution in [-0.4, -0.2) is 23.8 Å². The highest BCUT2D eigenvalue weighted by molar-refractivity contribution is 6.12. The highest BCUT2D eigenvalue weighted by atomic mass is 16.6. The standard InChI is InChI=1S/C21H17N3O5/c1-29-19-9-5-4-8-18(19)23-21(26)16-6-2-3-7-17(16)22-20(25)14-10-12-15(13-11-14)24(27)28/h2-13H,1H3,(H,22,25)(H,23,26). The molecule has 8 nitrogen and oxygen atoms in total. The van der Waals surface area contributed by atoms with Crippen molar-refractivity contribution in [2.24, 2.45) is 0 Å². The number of hydrogen-bond acceptors (Lipinski definition) is 5. The SMILES string of the molecule is COc1ccccc1NC(=O)c1ccccc1NC(=O)c1ccc([N+](=O)[O-])cc1. The number of para-hydroxylation sites is 3. The van der Waals surface area contributed by atoms with Crippen LogP contribution in [0.15, 0.2) is 72.8 Å². The molecule has 0 bridgehead atoms. The molecule has 0 heterocycles. The molecule has 29 heavy (non-hydrogen) atoms. The van der Waals surface area contributed by atoms with Gasteiger partial charge in [-0.15, -0.1) is 0 Å². The van der Waals surface area contributed by atoms with E-state index in [9.17, 15) is 19.7 Å². The summed E-state index contributed by atoms with van der Waals surface area (Å²) in [4.78, 5) is 35.4. The Labute approximate surface area is 166 Å². The Bertz CT molecular complexity index is 1060. The van der Waals surface area contributed by atoms with Gasteiger partial charge in [0.25, 0.3) is 17.5 Å². The molecule has 0 aliphatic heterocycles. The molecule has 2 N–H and O–H groups in total. The zero-order valence-corrected chi connectivity index (χ0v) is 15.4. The lowest BCUT2D eigenvalue weighted by Gasteiger charge is -2.13. The van der Waals surface area contributed by atoms with Crippen molar-refractivity contribution < 1.29 is 19.2 Å². The molecule has 2 amide bonds. The maximum absolute atomic E-state index is 12.7. The molecule has 0 aliphatic carbocycles. The number of carbonyl (C=O) groups excluding carboxylic acids is 2. The maximum atomic E-state index is 12.7. The molecule has 0 aliphatic rings. The van der Waals surface area contributed by atoms with E-state index in [4.69, 9.17) is 4.74 Å². The zero-order chi connectivity index (χ0) is 20.8. The minimum atomic E-state index is -0.542. The van der Waals surface area contributed by atoms with Gasteiger partial charge in [-0.3, -0.25) is 19.7 Å². The van der Waals surface area contributed by atoms with Gasteiger partial charge in [0.1, 0.15) is 5.75 Å². The van der Waals surface area contributed by atoms with E-state index in [0.717, 1.165) is 0 Å². The molecule has 0 radical (unpaired) electrons. The molecule has 8 heteroatoms. The number of hydrogen-bond donors (Lipinski definition) is 2. The van der Waals surface area contributed by atoms with Crippen LogP contribution in [0.5, 0.6) is 5.75 Å². The predicted molar refractivity (Wildman–Crippen MR) is 108 cm³/mol. The second-order valence-electron chi connectivity index (χ2n) is 5.96. The normalized spacial score (nSPS) is 10.1. The van der Waals surface area contributed by atoms with Crippen LogP contribution in [0.3, 0.4) is 0 Å². The molecule has 3 aromatic rings. The van der Waals surface area contributed by atoms with E-state index in [1.165, 1.54) is 31.4 Å². The van der Waals surface area contributed by atoms with Gasteiger partial charge in [-0.2, -0.15) is 0 Å². The molecule has 0 spiro atoms. The number of non-ortho nitro benzene ring substituents is 1. The Morgan fingerprint density at radius 2 is 1.41 bits per heavy atom. The van der Waals surface area contributed by atoms with Gasteiger partial charge in [-0.05, 0) is 36.4 Å². The topological polar surface area (TPSA) is 111 Å². The number of methoxy groups -OCH3 is 1. The van der Waals surface area contributed by atoms with Crippen molar-refractivity contribution in [3.8, 4) is 5.75 Å². The van der Waals surface area contributed by atoms with E-state index in [1.807, 2.05) is 0 Å². The Hall–Kier alpha value is -4.20. The molecule has 0 unspecified atom stereocenters. The molecule has 3 aromatic carbocycles. The molecule has 3 rings (SSSR count). The lowest BCUT2D eigenvalue weighted by molar-refractivity contribution is -0.384. The second-order valence-corrected chi connectivity index (χ2v) is 5.96. The van der Waals surface area contributed by atoms with Gasteiger partial charge in [0.05, 0.1) is 29.0 Å². The fourth-order valence-corrected chi connectivity index (χ4v) is 2.66. The summed E-state index contributed by atoms with van der Waals surface area (Å²) in [7, 11) is 1.50.